The molecule has 0 saturated carbocycles. The van der Waals surface area contributed by atoms with Crippen LogP contribution in [0.3, 0.4) is 0 Å². The third-order valence-corrected chi connectivity index (χ3v) is 6.39. The molecule has 8 nitrogen and oxygen atoms in total. The summed E-state index contributed by atoms with van der Waals surface area (Å²) in [4.78, 5) is 13.4. The van der Waals surface area contributed by atoms with Gasteiger partial charge in [0.15, 0.2) is 11.5 Å². The number of phenolic OH excluding ortho intramolecular Hbond substituents is 3. The van der Waals surface area contributed by atoms with Gasteiger partial charge in [0, 0.05) is 35.2 Å². The highest BCUT2D eigenvalue weighted by molar-refractivity contribution is 5.97. The normalized spacial score (nSPS) is 12.0. The summed E-state index contributed by atoms with van der Waals surface area (Å²) in [7, 11) is 4.54. The zero-order chi connectivity index (χ0) is 26.3. The number of hydrogen-bond acceptors (Lipinski definition) is 8. The second kappa shape index (κ2) is 9.31. The smallest absolute Gasteiger partial charge is 0.204 e. The Labute approximate surface area is 211 Å². The summed E-state index contributed by atoms with van der Waals surface area (Å²) in [5.41, 5.74) is 1.15. The molecule has 0 fully saturated rings. The Hall–Kier alpha value is -4.85. The van der Waals surface area contributed by atoms with Crippen molar-refractivity contribution in [2.75, 3.05) is 21.3 Å². The summed E-state index contributed by atoms with van der Waals surface area (Å²) in [6.07, 6.45) is 0. The summed E-state index contributed by atoms with van der Waals surface area (Å²) >= 11 is 0. The van der Waals surface area contributed by atoms with Crippen LogP contribution in [0.25, 0.3) is 21.9 Å². The van der Waals surface area contributed by atoms with Crippen LogP contribution in [0.15, 0.2) is 75.9 Å². The van der Waals surface area contributed by atoms with Crippen LogP contribution in [0.5, 0.6) is 34.5 Å². The van der Waals surface area contributed by atoms with Crippen molar-refractivity contribution in [1.29, 1.82) is 0 Å². The highest BCUT2D eigenvalue weighted by atomic mass is 16.5. The number of phenols is 3. The summed E-state index contributed by atoms with van der Waals surface area (Å²) in [6.45, 7) is 0. The SMILES string of the molecule is COc1cc(OC)c(C(c2ccccc2)c2c(O)cc(O)c3c(=O)c4ccc(O)cc4oc23)cc1OC. The molecule has 5 aromatic rings. The number of rotatable bonds is 6. The number of benzene rings is 4. The van der Waals surface area contributed by atoms with Gasteiger partial charge in [-0.15, -0.1) is 0 Å². The molecule has 0 amide bonds. The number of ether oxygens (including phenoxy) is 3. The van der Waals surface area contributed by atoms with Gasteiger partial charge < -0.3 is 33.9 Å². The topological polar surface area (TPSA) is 119 Å². The van der Waals surface area contributed by atoms with Crippen LogP contribution in [-0.2, 0) is 0 Å². The van der Waals surface area contributed by atoms with Crippen molar-refractivity contribution >= 4 is 21.9 Å². The fraction of sp³-hybridized carbons (Fsp3) is 0.138. The van der Waals surface area contributed by atoms with Crippen molar-refractivity contribution in [3.05, 3.63) is 93.6 Å². The summed E-state index contributed by atoms with van der Waals surface area (Å²) in [5.74, 6) is -0.224. The lowest BCUT2D eigenvalue weighted by Crippen LogP contribution is -2.10. The van der Waals surface area contributed by atoms with Gasteiger partial charge in [0.2, 0.25) is 5.43 Å². The maximum absolute atomic E-state index is 13.4. The van der Waals surface area contributed by atoms with Gasteiger partial charge >= 0.3 is 0 Å². The molecule has 37 heavy (non-hydrogen) atoms. The average Bonchev–Trinajstić information content (AvgIpc) is 2.90. The number of methoxy groups -OCH3 is 3. The second-order valence-electron chi connectivity index (χ2n) is 8.44. The molecule has 1 unspecified atom stereocenters. The molecule has 1 atom stereocenters. The van der Waals surface area contributed by atoms with Crippen LogP contribution < -0.4 is 19.6 Å². The van der Waals surface area contributed by atoms with Crippen LogP contribution in [0.2, 0.25) is 0 Å². The third kappa shape index (κ3) is 3.92. The van der Waals surface area contributed by atoms with Gasteiger partial charge in [0.25, 0.3) is 0 Å². The lowest BCUT2D eigenvalue weighted by molar-refractivity contribution is 0.347. The lowest BCUT2D eigenvalue weighted by Gasteiger charge is -2.24. The Morgan fingerprint density at radius 2 is 1.43 bits per heavy atom. The Morgan fingerprint density at radius 1 is 0.757 bits per heavy atom. The molecular weight excluding hydrogens is 476 g/mol. The third-order valence-electron chi connectivity index (χ3n) is 6.39. The first kappa shape index (κ1) is 23.9. The van der Waals surface area contributed by atoms with E-state index in [0.717, 1.165) is 11.6 Å². The van der Waals surface area contributed by atoms with E-state index in [-0.39, 0.29) is 39.0 Å². The maximum atomic E-state index is 13.4. The van der Waals surface area contributed by atoms with E-state index >= 15 is 0 Å². The van der Waals surface area contributed by atoms with Gasteiger partial charge in [-0.2, -0.15) is 0 Å². The highest BCUT2D eigenvalue weighted by Crippen LogP contribution is 2.48. The molecule has 1 aromatic heterocycles. The Bertz CT molecular complexity index is 1690. The van der Waals surface area contributed by atoms with Gasteiger partial charge in [-0.3, -0.25) is 4.79 Å². The molecule has 0 spiro atoms. The first-order chi connectivity index (χ1) is 17.9. The fourth-order valence-electron chi connectivity index (χ4n) is 4.70. The van der Waals surface area contributed by atoms with E-state index in [1.54, 1.807) is 12.1 Å². The second-order valence-corrected chi connectivity index (χ2v) is 8.44. The zero-order valence-electron chi connectivity index (χ0n) is 20.3. The molecule has 5 rings (SSSR count). The van der Waals surface area contributed by atoms with Gasteiger partial charge in [-0.25, -0.2) is 0 Å². The van der Waals surface area contributed by atoms with Crippen molar-refractivity contribution in [3.8, 4) is 34.5 Å². The maximum Gasteiger partial charge on any atom is 0.204 e. The van der Waals surface area contributed by atoms with Crippen molar-refractivity contribution in [2.45, 2.75) is 5.92 Å². The summed E-state index contributed by atoms with van der Waals surface area (Å²) in [6, 6.07) is 17.9. The van der Waals surface area contributed by atoms with E-state index in [0.29, 0.717) is 22.8 Å². The molecule has 0 aliphatic heterocycles. The van der Waals surface area contributed by atoms with E-state index in [9.17, 15) is 20.1 Å². The van der Waals surface area contributed by atoms with Crippen molar-refractivity contribution in [1.82, 2.24) is 0 Å². The zero-order valence-corrected chi connectivity index (χ0v) is 20.3. The van der Waals surface area contributed by atoms with Gasteiger partial charge in [0.05, 0.1) is 26.7 Å². The van der Waals surface area contributed by atoms with Crippen LogP contribution >= 0.6 is 0 Å². The molecule has 188 valence electrons. The van der Waals surface area contributed by atoms with Crippen LogP contribution in [0.1, 0.15) is 22.6 Å². The van der Waals surface area contributed by atoms with Crippen molar-refractivity contribution < 1.29 is 33.9 Å². The Balaban J connectivity index is 1.95. The van der Waals surface area contributed by atoms with Crippen molar-refractivity contribution in [3.63, 3.8) is 0 Å². The standard InChI is InChI=1S/C29H24O8/c1-34-21-14-24(36-3)23(35-2)12-18(21)25(15-7-5-4-6-8-15)26-19(31)13-20(32)27-28(33)17-10-9-16(30)11-22(17)37-29(26)27/h4-14,25,30-32H,1-3H3. The fourth-order valence-corrected chi connectivity index (χ4v) is 4.70. The van der Waals surface area contributed by atoms with Crippen LogP contribution in [0, 0.1) is 0 Å². The highest BCUT2D eigenvalue weighted by Gasteiger charge is 2.30. The quantitative estimate of drug-likeness (QED) is 0.213. The Morgan fingerprint density at radius 3 is 2.11 bits per heavy atom. The van der Waals surface area contributed by atoms with E-state index in [2.05, 4.69) is 0 Å². The number of fused-ring (bicyclic) bond motifs is 2. The first-order valence-electron chi connectivity index (χ1n) is 11.4. The minimum atomic E-state index is -0.725. The molecule has 0 bridgehead atoms. The summed E-state index contributed by atoms with van der Waals surface area (Å²) < 4.78 is 22.8. The molecule has 4 aromatic carbocycles. The molecular formula is C29H24O8. The van der Waals surface area contributed by atoms with Crippen LogP contribution in [-0.4, -0.2) is 36.6 Å². The molecule has 0 aliphatic rings. The van der Waals surface area contributed by atoms with E-state index < -0.39 is 17.1 Å². The predicted octanol–water partition coefficient (Wildman–Crippen LogP) is 5.27. The molecule has 3 N–H and O–H groups in total. The monoisotopic (exact) mass is 500 g/mol. The van der Waals surface area contributed by atoms with Crippen molar-refractivity contribution in [2.24, 2.45) is 0 Å². The Kier molecular flexibility index (Phi) is 6.01. The van der Waals surface area contributed by atoms with E-state index in [1.165, 1.54) is 39.5 Å². The molecule has 0 aliphatic carbocycles. The molecule has 1 heterocycles. The largest absolute Gasteiger partial charge is 0.508 e. The van der Waals surface area contributed by atoms with E-state index in [4.69, 9.17) is 18.6 Å². The number of aromatic hydroxyl groups is 3. The minimum Gasteiger partial charge on any atom is -0.508 e. The number of hydrogen-bond donors (Lipinski definition) is 3. The predicted molar refractivity (Wildman–Crippen MR) is 138 cm³/mol. The molecule has 8 heteroatoms. The molecule has 0 radical (unpaired) electrons. The molecule has 0 saturated heterocycles. The minimum absolute atomic E-state index is 0.0220. The van der Waals surface area contributed by atoms with Gasteiger partial charge in [-0.05, 0) is 23.8 Å². The van der Waals surface area contributed by atoms with E-state index in [1.807, 2.05) is 30.3 Å². The van der Waals surface area contributed by atoms with Crippen LogP contribution in [0.4, 0.5) is 0 Å². The first-order valence-corrected chi connectivity index (χ1v) is 11.4. The average molecular weight is 501 g/mol. The summed E-state index contributed by atoms with van der Waals surface area (Å²) in [5, 5.41) is 32.0. The lowest BCUT2D eigenvalue weighted by atomic mass is 9.82. The van der Waals surface area contributed by atoms with Gasteiger partial charge in [-0.1, -0.05) is 30.3 Å². The van der Waals surface area contributed by atoms with Gasteiger partial charge in [0.1, 0.15) is 39.6 Å².